The first kappa shape index (κ1) is 14.0. The summed E-state index contributed by atoms with van der Waals surface area (Å²) in [5.74, 6) is 0.0956. The van der Waals surface area contributed by atoms with Crippen LogP contribution in [0, 0.1) is 0 Å². The number of likely N-dealkylation sites (N-methyl/N-ethyl adjacent to an activating group) is 1. The van der Waals surface area contributed by atoms with Crippen LogP contribution in [0.1, 0.15) is 18.4 Å². The molecular formula is C15H23N3O. The third kappa shape index (κ3) is 3.78. The molecule has 0 bridgehead atoms. The van der Waals surface area contributed by atoms with Crippen LogP contribution in [0.2, 0.25) is 0 Å². The van der Waals surface area contributed by atoms with Crippen molar-refractivity contribution < 1.29 is 4.79 Å². The van der Waals surface area contributed by atoms with Gasteiger partial charge in [-0.05, 0) is 32.5 Å². The third-order valence-electron chi connectivity index (χ3n) is 3.54. The number of hydrogen-bond acceptors (Lipinski definition) is 3. The standard InChI is InChI=1S/C15H23N3O/c1-17(2)10-11-18(14(19)15(16)8-9-15)12-13-6-4-3-5-7-13/h3-7H,8-12,16H2,1-2H3. The number of benzene rings is 1. The molecule has 1 saturated carbocycles. The van der Waals surface area contributed by atoms with Crippen molar-refractivity contribution in [2.75, 3.05) is 27.2 Å². The lowest BCUT2D eigenvalue weighted by atomic mass is 10.1. The Balaban J connectivity index is 2.03. The van der Waals surface area contributed by atoms with Gasteiger partial charge in [-0.25, -0.2) is 0 Å². The van der Waals surface area contributed by atoms with E-state index in [0.29, 0.717) is 6.54 Å². The van der Waals surface area contributed by atoms with E-state index in [1.54, 1.807) is 0 Å². The molecule has 0 aliphatic heterocycles. The van der Waals surface area contributed by atoms with Crippen molar-refractivity contribution in [1.82, 2.24) is 9.80 Å². The Kier molecular flexibility index (Phi) is 4.22. The molecular weight excluding hydrogens is 238 g/mol. The van der Waals surface area contributed by atoms with Crippen LogP contribution in [0.15, 0.2) is 30.3 Å². The van der Waals surface area contributed by atoms with Crippen molar-refractivity contribution in [1.29, 1.82) is 0 Å². The maximum Gasteiger partial charge on any atom is 0.242 e. The lowest BCUT2D eigenvalue weighted by Crippen LogP contribution is -2.47. The van der Waals surface area contributed by atoms with Gasteiger partial charge in [-0.1, -0.05) is 30.3 Å². The minimum atomic E-state index is -0.582. The van der Waals surface area contributed by atoms with E-state index in [9.17, 15) is 4.79 Å². The molecule has 1 aromatic rings. The van der Waals surface area contributed by atoms with Crippen LogP contribution < -0.4 is 5.73 Å². The average molecular weight is 261 g/mol. The van der Waals surface area contributed by atoms with Crippen molar-refractivity contribution in [3.05, 3.63) is 35.9 Å². The van der Waals surface area contributed by atoms with Crippen LogP contribution in [0.5, 0.6) is 0 Å². The van der Waals surface area contributed by atoms with Crippen molar-refractivity contribution in [2.45, 2.75) is 24.9 Å². The summed E-state index contributed by atoms with van der Waals surface area (Å²) in [6, 6.07) is 10.1. The Morgan fingerprint density at radius 2 is 1.84 bits per heavy atom. The van der Waals surface area contributed by atoms with Gasteiger partial charge in [0.1, 0.15) is 0 Å². The SMILES string of the molecule is CN(C)CCN(Cc1ccccc1)C(=O)C1(N)CC1. The second kappa shape index (κ2) is 5.72. The van der Waals surface area contributed by atoms with E-state index in [1.165, 1.54) is 0 Å². The summed E-state index contributed by atoms with van der Waals surface area (Å²) in [7, 11) is 4.03. The Bertz CT molecular complexity index is 426. The second-order valence-corrected chi connectivity index (χ2v) is 5.67. The van der Waals surface area contributed by atoms with E-state index >= 15 is 0 Å². The van der Waals surface area contributed by atoms with Crippen LogP contribution in [0.25, 0.3) is 0 Å². The molecule has 104 valence electrons. The minimum Gasteiger partial charge on any atom is -0.335 e. The van der Waals surface area contributed by atoms with Gasteiger partial charge in [0.15, 0.2) is 0 Å². The highest BCUT2D eigenvalue weighted by Gasteiger charge is 2.48. The predicted molar refractivity (Wildman–Crippen MR) is 76.6 cm³/mol. The molecule has 0 saturated heterocycles. The Hall–Kier alpha value is -1.39. The fourth-order valence-corrected chi connectivity index (χ4v) is 2.04. The van der Waals surface area contributed by atoms with Gasteiger partial charge in [-0.15, -0.1) is 0 Å². The summed E-state index contributed by atoms with van der Waals surface area (Å²) >= 11 is 0. The van der Waals surface area contributed by atoms with Gasteiger partial charge in [-0.3, -0.25) is 4.79 Å². The van der Waals surface area contributed by atoms with Gasteiger partial charge in [0.05, 0.1) is 5.54 Å². The Labute approximate surface area is 115 Å². The molecule has 2 rings (SSSR count). The number of carbonyl (C=O) groups is 1. The van der Waals surface area contributed by atoms with Gasteiger partial charge >= 0.3 is 0 Å². The molecule has 0 unspecified atom stereocenters. The fraction of sp³-hybridized carbons (Fsp3) is 0.533. The molecule has 1 amide bonds. The maximum atomic E-state index is 12.4. The molecule has 2 N–H and O–H groups in total. The highest BCUT2D eigenvalue weighted by molar-refractivity contribution is 5.89. The first-order valence-electron chi connectivity index (χ1n) is 6.78. The Morgan fingerprint density at radius 3 is 2.37 bits per heavy atom. The van der Waals surface area contributed by atoms with Crippen LogP contribution in [-0.4, -0.2) is 48.4 Å². The number of rotatable bonds is 6. The molecule has 1 fully saturated rings. The van der Waals surface area contributed by atoms with E-state index in [1.807, 2.05) is 49.3 Å². The maximum absolute atomic E-state index is 12.4. The zero-order chi connectivity index (χ0) is 13.9. The molecule has 0 heterocycles. The minimum absolute atomic E-state index is 0.0956. The molecule has 4 nitrogen and oxygen atoms in total. The zero-order valence-corrected chi connectivity index (χ0v) is 11.8. The van der Waals surface area contributed by atoms with Crippen molar-refractivity contribution in [3.8, 4) is 0 Å². The molecule has 0 spiro atoms. The average Bonchev–Trinajstić information content (AvgIpc) is 3.14. The van der Waals surface area contributed by atoms with Crippen LogP contribution in [0.4, 0.5) is 0 Å². The molecule has 1 aliphatic carbocycles. The summed E-state index contributed by atoms with van der Waals surface area (Å²) in [4.78, 5) is 16.4. The number of nitrogens with zero attached hydrogens (tertiary/aromatic N) is 2. The summed E-state index contributed by atoms with van der Waals surface area (Å²) in [5, 5.41) is 0. The van der Waals surface area contributed by atoms with E-state index in [4.69, 9.17) is 5.73 Å². The second-order valence-electron chi connectivity index (χ2n) is 5.67. The quantitative estimate of drug-likeness (QED) is 0.833. The van der Waals surface area contributed by atoms with Crippen LogP contribution in [0.3, 0.4) is 0 Å². The monoisotopic (exact) mass is 261 g/mol. The van der Waals surface area contributed by atoms with E-state index in [2.05, 4.69) is 4.90 Å². The van der Waals surface area contributed by atoms with Crippen molar-refractivity contribution in [3.63, 3.8) is 0 Å². The molecule has 0 atom stereocenters. The van der Waals surface area contributed by atoms with Gasteiger partial charge in [-0.2, -0.15) is 0 Å². The first-order valence-corrected chi connectivity index (χ1v) is 6.78. The summed E-state index contributed by atoms with van der Waals surface area (Å²) in [5.41, 5.74) is 6.62. The third-order valence-corrected chi connectivity index (χ3v) is 3.54. The molecule has 1 aromatic carbocycles. The van der Waals surface area contributed by atoms with Gasteiger partial charge in [0.25, 0.3) is 0 Å². The molecule has 19 heavy (non-hydrogen) atoms. The van der Waals surface area contributed by atoms with Crippen molar-refractivity contribution in [2.24, 2.45) is 5.73 Å². The van der Waals surface area contributed by atoms with Gasteiger partial charge < -0.3 is 15.5 Å². The normalized spacial score (nSPS) is 16.4. The smallest absolute Gasteiger partial charge is 0.242 e. The van der Waals surface area contributed by atoms with Gasteiger partial charge in [0.2, 0.25) is 5.91 Å². The number of nitrogens with two attached hydrogens (primary N) is 1. The van der Waals surface area contributed by atoms with E-state index in [-0.39, 0.29) is 5.91 Å². The number of carbonyl (C=O) groups excluding carboxylic acids is 1. The fourth-order valence-electron chi connectivity index (χ4n) is 2.04. The number of hydrogen-bond donors (Lipinski definition) is 1. The molecule has 1 aliphatic rings. The van der Waals surface area contributed by atoms with E-state index < -0.39 is 5.54 Å². The lowest BCUT2D eigenvalue weighted by molar-refractivity contribution is -0.134. The highest BCUT2D eigenvalue weighted by atomic mass is 16.2. The summed E-state index contributed by atoms with van der Waals surface area (Å²) in [6.07, 6.45) is 1.64. The van der Waals surface area contributed by atoms with Crippen molar-refractivity contribution >= 4 is 5.91 Å². The van der Waals surface area contributed by atoms with Crippen LogP contribution in [-0.2, 0) is 11.3 Å². The summed E-state index contributed by atoms with van der Waals surface area (Å²) < 4.78 is 0. The highest BCUT2D eigenvalue weighted by Crippen LogP contribution is 2.34. The zero-order valence-electron chi connectivity index (χ0n) is 11.8. The number of amides is 1. The van der Waals surface area contributed by atoms with Crippen LogP contribution >= 0.6 is 0 Å². The predicted octanol–water partition coefficient (Wildman–Crippen LogP) is 1.07. The Morgan fingerprint density at radius 1 is 1.21 bits per heavy atom. The molecule has 4 heteroatoms. The topological polar surface area (TPSA) is 49.6 Å². The largest absolute Gasteiger partial charge is 0.335 e. The molecule has 0 aromatic heterocycles. The van der Waals surface area contributed by atoms with Gasteiger partial charge in [0, 0.05) is 19.6 Å². The lowest BCUT2D eigenvalue weighted by Gasteiger charge is -2.27. The molecule has 0 radical (unpaired) electrons. The van der Waals surface area contributed by atoms with E-state index in [0.717, 1.165) is 31.5 Å². The summed E-state index contributed by atoms with van der Waals surface area (Å²) in [6.45, 7) is 2.22. The first-order chi connectivity index (χ1) is 9.01.